The molecule has 0 aliphatic heterocycles. The summed E-state index contributed by atoms with van der Waals surface area (Å²) < 4.78 is 0. The number of hydrogen-bond donors (Lipinski definition) is 1. The summed E-state index contributed by atoms with van der Waals surface area (Å²) in [6, 6.07) is 6.37. The lowest BCUT2D eigenvalue weighted by Crippen LogP contribution is -2.32. The molecule has 0 aromatic heterocycles. The molecule has 0 heterocycles. The Labute approximate surface area is 154 Å². The van der Waals surface area contributed by atoms with Crippen LogP contribution in [0, 0.1) is 0 Å². The molecule has 0 spiro atoms. The van der Waals surface area contributed by atoms with E-state index in [-0.39, 0.29) is 6.54 Å². The van der Waals surface area contributed by atoms with Crippen molar-refractivity contribution in [1.82, 2.24) is 0 Å². The largest absolute Gasteiger partial charge is 0.480 e. The highest BCUT2D eigenvalue weighted by atomic mass is 16.4. The normalized spacial score (nSPS) is 10.8. The summed E-state index contributed by atoms with van der Waals surface area (Å²) in [5.41, 5.74) is 3.69. The maximum atomic E-state index is 11.4. The van der Waals surface area contributed by atoms with Gasteiger partial charge in [-0.2, -0.15) is 0 Å². The molecule has 0 aliphatic rings. The van der Waals surface area contributed by atoms with Gasteiger partial charge < -0.3 is 10.0 Å². The topological polar surface area (TPSA) is 40.5 Å². The zero-order valence-corrected chi connectivity index (χ0v) is 16.5. The molecule has 0 amide bonds. The summed E-state index contributed by atoms with van der Waals surface area (Å²) in [5, 5.41) is 9.35. The molecule has 1 aromatic rings. The average Bonchev–Trinajstić information content (AvgIpc) is 2.61. The Balaban J connectivity index is 2.62. The maximum absolute atomic E-state index is 11.4. The van der Waals surface area contributed by atoms with Crippen LogP contribution in [0.1, 0.15) is 83.3 Å². The summed E-state index contributed by atoms with van der Waals surface area (Å²) in [6.07, 6.45) is 12.1. The third kappa shape index (κ3) is 7.94. The van der Waals surface area contributed by atoms with Gasteiger partial charge in [-0.05, 0) is 30.4 Å². The summed E-state index contributed by atoms with van der Waals surface area (Å²) in [5.74, 6) is -0.743. The number of hydrogen-bond acceptors (Lipinski definition) is 2. The van der Waals surface area contributed by atoms with E-state index in [2.05, 4.69) is 43.9 Å². The van der Waals surface area contributed by atoms with Gasteiger partial charge in [-0.15, -0.1) is 0 Å². The maximum Gasteiger partial charge on any atom is 0.323 e. The molecule has 0 aliphatic carbocycles. The first kappa shape index (κ1) is 21.5. The summed E-state index contributed by atoms with van der Waals surface area (Å²) >= 11 is 0. The minimum absolute atomic E-state index is 0.0977. The van der Waals surface area contributed by atoms with Gasteiger partial charge in [0.25, 0.3) is 0 Å². The monoisotopic (exact) mass is 347 g/mol. The van der Waals surface area contributed by atoms with E-state index in [1.54, 1.807) is 0 Å². The van der Waals surface area contributed by atoms with Crippen LogP contribution >= 0.6 is 0 Å². The van der Waals surface area contributed by atoms with Crippen LogP contribution in [0.4, 0.5) is 5.69 Å². The number of aryl methyl sites for hydroxylation is 2. The van der Waals surface area contributed by atoms with Gasteiger partial charge in [0.15, 0.2) is 0 Å². The van der Waals surface area contributed by atoms with Crippen LogP contribution in [0.15, 0.2) is 18.2 Å². The van der Waals surface area contributed by atoms with Crippen LogP contribution in [0.25, 0.3) is 0 Å². The van der Waals surface area contributed by atoms with Crippen LogP contribution in [-0.4, -0.2) is 24.2 Å². The van der Waals surface area contributed by atoms with Crippen LogP contribution in [0.3, 0.4) is 0 Å². The number of rotatable bonds is 14. The minimum atomic E-state index is -0.743. The number of aliphatic carboxylic acids is 1. The van der Waals surface area contributed by atoms with Crippen molar-refractivity contribution >= 4 is 11.7 Å². The van der Waals surface area contributed by atoms with Crippen LogP contribution in [0.5, 0.6) is 0 Å². The van der Waals surface area contributed by atoms with Gasteiger partial charge in [0.2, 0.25) is 0 Å². The van der Waals surface area contributed by atoms with E-state index in [0.29, 0.717) is 0 Å². The van der Waals surface area contributed by atoms with Crippen molar-refractivity contribution in [2.24, 2.45) is 0 Å². The minimum Gasteiger partial charge on any atom is -0.480 e. The predicted molar refractivity (Wildman–Crippen MR) is 108 cm³/mol. The molecule has 0 atom stereocenters. The summed E-state index contributed by atoms with van der Waals surface area (Å²) in [4.78, 5) is 13.5. The van der Waals surface area contributed by atoms with Gasteiger partial charge >= 0.3 is 5.97 Å². The molecule has 0 saturated carbocycles. The molecule has 142 valence electrons. The van der Waals surface area contributed by atoms with E-state index in [9.17, 15) is 9.90 Å². The van der Waals surface area contributed by atoms with Gasteiger partial charge in [0.05, 0.1) is 0 Å². The van der Waals surface area contributed by atoms with Crippen molar-refractivity contribution in [2.45, 2.75) is 85.0 Å². The van der Waals surface area contributed by atoms with Crippen molar-refractivity contribution in [1.29, 1.82) is 0 Å². The van der Waals surface area contributed by atoms with Crippen molar-refractivity contribution in [3.8, 4) is 0 Å². The van der Waals surface area contributed by atoms with Gasteiger partial charge in [-0.25, -0.2) is 0 Å². The SMILES string of the molecule is CCCCCCCCCCN(CC(=O)O)c1c(CC)cccc1CC. The highest BCUT2D eigenvalue weighted by Crippen LogP contribution is 2.27. The lowest BCUT2D eigenvalue weighted by molar-refractivity contribution is -0.135. The molecule has 0 radical (unpaired) electrons. The molecule has 3 heteroatoms. The second-order valence-electron chi connectivity index (χ2n) is 6.92. The summed E-state index contributed by atoms with van der Waals surface area (Å²) in [6.45, 7) is 7.47. The van der Waals surface area contributed by atoms with Crippen LogP contribution in [-0.2, 0) is 17.6 Å². The molecule has 0 fully saturated rings. The first-order valence-corrected chi connectivity index (χ1v) is 10.2. The average molecular weight is 348 g/mol. The Hall–Kier alpha value is -1.51. The number of anilines is 1. The third-order valence-electron chi connectivity index (χ3n) is 4.89. The van der Waals surface area contributed by atoms with Crippen LogP contribution < -0.4 is 4.90 Å². The number of carbonyl (C=O) groups is 1. The van der Waals surface area contributed by atoms with Gasteiger partial charge in [-0.1, -0.05) is 83.9 Å². The second-order valence-corrected chi connectivity index (χ2v) is 6.92. The van der Waals surface area contributed by atoms with Crippen molar-refractivity contribution in [3.63, 3.8) is 0 Å². The zero-order valence-electron chi connectivity index (χ0n) is 16.5. The molecule has 25 heavy (non-hydrogen) atoms. The summed E-state index contributed by atoms with van der Waals surface area (Å²) in [7, 11) is 0. The Morgan fingerprint density at radius 2 is 1.40 bits per heavy atom. The van der Waals surface area contributed by atoms with Gasteiger partial charge in [0, 0.05) is 12.2 Å². The molecule has 3 nitrogen and oxygen atoms in total. The fourth-order valence-electron chi connectivity index (χ4n) is 3.49. The number of nitrogens with zero attached hydrogens (tertiary/aromatic N) is 1. The fraction of sp³-hybridized carbons (Fsp3) is 0.682. The highest BCUT2D eigenvalue weighted by molar-refractivity contribution is 5.75. The van der Waals surface area contributed by atoms with Gasteiger partial charge in [0.1, 0.15) is 6.54 Å². The molecule has 1 aromatic carbocycles. The number of unbranched alkanes of at least 4 members (excludes halogenated alkanes) is 7. The molecule has 0 saturated heterocycles. The fourth-order valence-corrected chi connectivity index (χ4v) is 3.49. The van der Waals surface area contributed by atoms with Crippen molar-refractivity contribution in [2.75, 3.05) is 18.0 Å². The highest BCUT2D eigenvalue weighted by Gasteiger charge is 2.16. The van der Waals surface area contributed by atoms with E-state index >= 15 is 0 Å². The van der Waals surface area contributed by atoms with Crippen molar-refractivity contribution < 1.29 is 9.90 Å². The Bertz CT molecular complexity index is 477. The molecule has 1 N–H and O–H groups in total. The Morgan fingerprint density at radius 1 is 0.880 bits per heavy atom. The van der Waals surface area contributed by atoms with Gasteiger partial charge in [-0.3, -0.25) is 4.79 Å². The quantitative estimate of drug-likeness (QED) is 0.430. The molecule has 0 unspecified atom stereocenters. The smallest absolute Gasteiger partial charge is 0.323 e. The predicted octanol–water partition coefficient (Wildman–Crippen LogP) is 5.84. The lowest BCUT2D eigenvalue weighted by atomic mass is 10.0. The first-order valence-electron chi connectivity index (χ1n) is 10.2. The molecule has 0 bridgehead atoms. The Morgan fingerprint density at radius 3 is 1.88 bits per heavy atom. The van der Waals surface area contributed by atoms with E-state index in [1.807, 2.05) is 0 Å². The van der Waals surface area contributed by atoms with E-state index < -0.39 is 5.97 Å². The third-order valence-corrected chi connectivity index (χ3v) is 4.89. The number of benzene rings is 1. The number of para-hydroxylation sites is 1. The van der Waals surface area contributed by atoms with E-state index in [4.69, 9.17) is 0 Å². The Kier molecular flexibility index (Phi) is 11.0. The van der Waals surface area contributed by atoms with Crippen molar-refractivity contribution in [3.05, 3.63) is 29.3 Å². The first-order chi connectivity index (χ1) is 12.1. The van der Waals surface area contributed by atoms with E-state index in [0.717, 1.165) is 31.5 Å². The molecule has 1 rings (SSSR count). The lowest BCUT2D eigenvalue weighted by Gasteiger charge is -2.28. The number of carboxylic acid groups (broad SMARTS) is 1. The molecular weight excluding hydrogens is 310 g/mol. The molecular formula is C22H37NO2. The van der Waals surface area contributed by atoms with E-state index in [1.165, 1.54) is 56.1 Å². The number of carboxylic acids is 1. The second kappa shape index (κ2) is 12.8. The standard InChI is InChI=1S/C22H37NO2/c1-4-7-8-9-10-11-12-13-17-23(18-21(24)25)22-19(5-2)15-14-16-20(22)6-3/h14-16H,4-13,17-18H2,1-3H3,(H,24,25). The van der Waals surface area contributed by atoms with Crippen LogP contribution in [0.2, 0.25) is 0 Å². The zero-order chi connectivity index (χ0) is 18.5.